The highest BCUT2D eigenvalue weighted by Crippen LogP contribution is 2.25. The Morgan fingerprint density at radius 1 is 1.08 bits per heavy atom. The van der Waals surface area contributed by atoms with E-state index in [1.807, 2.05) is 12.1 Å². The number of amides is 1. The summed E-state index contributed by atoms with van der Waals surface area (Å²) >= 11 is 0. The minimum Gasteiger partial charge on any atom is -0.450 e. The molecule has 1 amide bonds. The van der Waals surface area contributed by atoms with Crippen molar-refractivity contribution in [3.05, 3.63) is 29.8 Å². The molecule has 1 fully saturated rings. The van der Waals surface area contributed by atoms with Crippen molar-refractivity contribution in [1.29, 1.82) is 0 Å². The topological polar surface area (TPSA) is 66.9 Å². The first kappa shape index (κ1) is 19.7. The fourth-order valence-electron chi connectivity index (χ4n) is 2.81. The van der Waals surface area contributed by atoms with Crippen LogP contribution in [0, 0.1) is 0 Å². The Morgan fingerprint density at radius 2 is 1.72 bits per heavy atom. The van der Waals surface area contributed by atoms with E-state index >= 15 is 0 Å². The molecule has 2 rings (SSSR count). The molecule has 0 aromatic heterocycles. The highest BCUT2D eigenvalue weighted by Gasteiger charge is 2.29. The minimum atomic E-state index is -3.55. The van der Waals surface area contributed by atoms with Gasteiger partial charge in [-0.2, -0.15) is 4.31 Å². The lowest BCUT2D eigenvalue weighted by Crippen LogP contribution is -2.37. The summed E-state index contributed by atoms with van der Waals surface area (Å²) in [4.78, 5) is 13.7. The first-order chi connectivity index (χ1) is 11.7. The minimum absolute atomic E-state index is 0.0228. The van der Waals surface area contributed by atoms with Gasteiger partial charge in [0, 0.05) is 26.2 Å². The lowest BCUT2D eigenvalue weighted by molar-refractivity contribution is 0.109. The molecule has 0 saturated carbocycles. The lowest BCUT2D eigenvalue weighted by Gasteiger charge is -2.22. The van der Waals surface area contributed by atoms with Crippen LogP contribution in [0.5, 0.6) is 0 Å². The summed E-state index contributed by atoms with van der Waals surface area (Å²) in [5.74, 6) is 0. The van der Waals surface area contributed by atoms with E-state index in [1.54, 1.807) is 24.0 Å². The fourth-order valence-corrected chi connectivity index (χ4v) is 4.28. The number of ether oxygens (including phenoxy) is 1. The van der Waals surface area contributed by atoms with Crippen molar-refractivity contribution in [2.24, 2.45) is 0 Å². The Hall–Kier alpha value is -1.60. The second kappa shape index (κ2) is 7.74. The van der Waals surface area contributed by atoms with E-state index in [4.69, 9.17) is 4.74 Å². The normalized spacial score (nSPS) is 17.2. The van der Waals surface area contributed by atoms with E-state index in [0.717, 1.165) is 5.56 Å². The zero-order valence-electron chi connectivity index (χ0n) is 15.5. The van der Waals surface area contributed by atoms with Gasteiger partial charge in [-0.3, -0.25) is 0 Å². The number of hydrogen-bond acceptors (Lipinski definition) is 4. The number of nitrogens with zero attached hydrogens (tertiary/aromatic N) is 2. The predicted molar refractivity (Wildman–Crippen MR) is 97.1 cm³/mol. The summed E-state index contributed by atoms with van der Waals surface area (Å²) in [7, 11) is -3.55. The van der Waals surface area contributed by atoms with Crippen LogP contribution >= 0.6 is 0 Å². The summed E-state index contributed by atoms with van der Waals surface area (Å²) in [5.41, 5.74) is 1.07. The second-order valence-electron chi connectivity index (χ2n) is 7.22. The van der Waals surface area contributed by atoms with Crippen LogP contribution < -0.4 is 0 Å². The second-order valence-corrected chi connectivity index (χ2v) is 9.16. The molecular weight excluding hydrogens is 340 g/mol. The number of hydrogen-bond donors (Lipinski definition) is 0. The van der Waals surface area contributed by atoms with Gasteiger partial charge in [0.2, 0.25) is 10.0 Å². The molecular formula is C18H28N2O4S. The third-order valence-corrected chi connectivity index (χ3v) is 6.25. The number of carbonyl (C=O) groups is 1. The molecule has 1 aromatic carbocycles. The third-order valence-electron chi connectivity index (χ3n) is 4.34. The van der Waals surface area contributed by atoms with E-state index in [1.165, 1.54) is 4.31 Å². The number of sulfonamides is 1. The molecule has 1 saturated heterocycles. The smallest absolute Gasteiger partial charge is 0.409 e. The van der Waals surface area contributed by atoms with Gasteiger partial charge in [-0.25, -0.2) is 13.2 Å². The molecule has 0 radical (unpaired) electrons. The van der Waals surface area contributed by atoms with Crippen LogP contribution in [0.2, 0.25) is 0 Å². The monoisotopic (exact) mass is 368 g/mol. The fraction of sp³-hybridized carbons (Fsp3) is 0.611. The van der Waals surface area contributed by atoms with Crippen LogP contribution in [0.1, 0.15) is 39.7 Å². The first-order valence-electron chi connectivity index (χ1n) is 8.68. The van der Waals surface area contributed by atoms with Gasteiger partial charge in [-0.1, -0.05) is 32.9 Å². The van der Waals surface area contributed by atoms with Crippen molar-refractivity contribution in [3.63, 3.8) is 0 Å². The summed E-state index contributed by atoms with van der Waals surface area (Å²) in [5, 5.41) is 0. The van der Waals surface area contributed by atoms with Gasteiger partial charge < -0.3 is 9.64 Å². The van der Waals surface area contributed by atoms with Crippen LogP contribution in [-0.2, 0) is 20.2 Å². The van der Waals surface area contributed by atoms with Gasteiger partial charge in [0.15, 0.2) is 0 Å². The van der Waals surface area contributed by atoms with Crippen molar-refractivity contribution >= 4 is 16.1 Å². The molecule has 0 atom stereocenters. The maximum absolute atomic E-state index is 12.9. The Kier molecular flexibility index (Phi) is 6.11. The number of benzene rings is 1. The van der Waals surface area contributed by atoms with Crippen LogP contribution in [0.15, 0.2) is 29.2 Å². The highest BCUT2D eigenvalue weighted by molar-refractivity contribution is 7.89. The van der Waals surface area contributed by atoms with Gasteiger partial charge in [0.1, 0.15) is 0 Å². The lowest BCUT2D eigenvalue weighted by atomic mass is 9.87. The van der Waals surface area contributed by atoms with Gasteiger partial charge in [0.25, 0.3) is 0 Å². The van der Waals surface area contributed by atoms with E-state index in [-0.39, 0.29) is 18.1 Å². The van der Waals surface area contributed by atoms with Crippen molar-refractivity contribution in [1.82, 2.24) is 9.21 Å². The van der Waals surface area contributed by atoms with E-state index in [2.05, 4.69) is 20.8 Å². The Morgan fingerprint density at radius 3 is 2.28 bits per heavy atom. The van der Waals surface area contributed by atoms with Crippen molar-refractivity contribution in [2.75, 3.05) is 32.8 Å². The molecule has 6 nitrogen and oxygen atoms in total. The zero-order valence-corrected chi connectivity index (χ0v) is 16.3. The summed E-state index contributed by atoms with van der Waals surface area (Å²) in [6.07, 6.45) is 0.217. The van der Waals surface area contributed by atoms with Gasteiger partial charge in [-0.15, -0.1) is 0 Å². The van der Waals surface area contributed by atoms with Crippen molar-refractivity contribution in [3.8, 4) is 0 Å². The Labute approximate surface area is 150 Å². The molecule has 0 unspecified atom stereocenters. The van der Waals surface area contributed by atoms with Gasteiger partial charge >= 0.3 is 6.09 Å². The first-order valence-corrected chi connectivity index (χ1v) is 10.1. The Bertz CT molecular complexity index is 693. The molecule has 1 heterocycles. The summed E-state index contributed by atoms with van der Waals surface area (Å²) < 4.78 is 32.3. The summed E-state index contributed by atoms with van der Waals surface area (Å²) in [6, 6.07) is 7.08. The molecule has 140 valence electrons. The van der Waals surface area contributed by atoms with Crippen LogP contribution in [0.25, 0.3) is 0 Å². The van der Waals surface area contributed by atoms with Gasteiger partial charge in [-0.05, 0) is 36.5 Å². The number of carbonyl (C=O) groups excluding carboxylic acids is 1. The van der Waals surface area contributed by atoms with Gasteiger partial charge in [0.05, 0.1) is 11.5 Å². The molecule has 0 spiro atoms. The van der Waals surface area contributed by atoms with Crippen LogP contribution in [0.4, 0.5) is 4.79 Å². The number of rotatable bonds is 3. The maximum atomic E-state index is 12.9. The van der Waals surface area contributed by atoms with Crippen LogP contribution in [-0.4, -0.2) is 56.5 Å². The molecule has 1 aliphatic heterocycles. The van der Waals surface area contributed by atoms with Crippen molar-refractivity contribution < 1.29 is 17.9 Å². The standard InChI is InChI=1S/C18H28N2O4S/c1-5-24-17(21)19-11-6-12-20(14-13-19)25(22,23)16-9-7-15(8-10-16)18(2,3)4/h7-10H,5-6,11-14H2,1-4H3. The largest absolute Gasteiger partial charge is 0.450 e. The predicted octanol–water partition coefficient (Wildman–Crippen LogP) is 2.84. The molecule has 1 aliphatic rings. The third kappa shape index (κ3) is 4.73. The quantitative estimate of drug-likeness (QED) is 0.823. The average molecular weight is 368 g/mol. The molecule has 1 aromatic rings. The maximum Gasteiger partial charge on any atom is 0.409 e. The Balaban J connectivity index is 2.13. The molecule has 0 bridgehead atoms. The summed E-state index contributed by atoms with van der Waals surface area (Å²) in [6.45, 7) is 9.89. The van der Waals surface area contributed by atoms with Crippen LogP contribution in [0.3, 0.4) is 0 Å². The zero-order chi connectivity index (χ0) is 18.7. The SMILES string of the molecule is CCOC(=O)N1CCCN(S(=O)(=O)c2ccc(C(C)(C)C)cc2)CC1. The average Bonchev–Trinajstić information content (AvgIpc) is 2.81. The molecule has 0 N–H and O–H groups in total. The highest BCUT2D eigenvalue weighted by atomic mass is 32.2. The van der Waals surface area contributed by atoms with E-state index in [0.29, 0.717) is 37.6 Å². The molecule has 7 heteroatoms. The molecule has 0 aliphatic carbocycles. The van der Waals surface area contributed by atoms with Crippen molar-refractivity contribution in [2.45, 2.75) is 44.4 Å². The van der Waals surface area contributed by atoms with E-state index in [9.17, 15) is 13.2 Å². The molecule has 25 heavy (non-hydrogen) atoms. The van der Waals surface area contributed by atoms with E-state index < -0.39 is 10.0 Å².